The Balaban J connectivity index is 1.94. The molecule has 10 nitrogen and oxygen atoms in total. The fourth-order valence-electron chi connectivity index (χ4n) is 3.82. The molecule has 0 spiro atoms. The summed E-state index contributed by atoms with van der Waals surface area (Å²) >= 11 is 0. The van der Waals surface area contributed by atoms with E-state index < -0.39 is 11.4 Å². The first-order valence-corrected chi connectivity index (χ1v) is 10.2. The summed E-state index contributed by atoms with van der Waals surface area (Å²) in [7, 11) is 2.87. The zero-order chi connectivity index (χ0) is 22.4. The Morgan fingerprint density at radius 1 is 1.13 bits per heavy atom. The van der Waals surface area contributed by atoms with Crippen LogP contribution in [0.4, 0.5) is 0 Å². The van der Waals surface area contributed by atoms with Gasteiger partial charge in [-0.05, 0) is 25.0 Å². The van der Waals surface area contributed by atoms with Gasteiger partial charge in [0.05, 0.1) is 14.2 Å². The van der Waals surface area contributed by atoms with Crippen molar-refractivity contribution in [3.05, 3.63) is 29.4 Å². The number of nitrogens with zero attached hydrogens (tertiary/aromatic N) is 2. The molecule has 1 heterocycles. The highest BCUT2D eigenvalue weighted by molar-refractivity contribution is 5.96. The van der Waals surface area contributed by atoms with Crippen LogP contribution in [0.3, 0.4) is 0 Å². The smallest absolute Gasteiger partial charge is 0.255 e. The summed E-state index contributed by atoms with van der Waals surface area (Å²) in [6.07, 6.45) is 5.49. The number of aromatic nitrogens is 2. The van der Waals surface area contributed by atoms with Crippen LogP contribution in [0.1, 0.15) is 60.6 Å². The molecular weight excluding hydrogens is 404 g/mol. The predicted molar refractivity (Wildman–Crippen MR) is 110 cm³/mol. The highest BCUT2D eigenvalue weighted by Crippen LogP contribution is 2.40. The highest BCUT2D eigenvalue weighted by atomic mass is 16.5. The van der Waals surface area contributed by atoms with Crippen molar-refractivity contribution < 1.29 is 28.3 Å². The monoisotopic (exact) mass is 432 g/mol. The molecule has 0 saturated heterocycles. The lowest BCUT2D eigenvalue weighted by molar-refractivity contribution is -0.120. The summed E-state index contributed by atoms with van der Waals surface area (Å²) < 4.78 is 21.3. The summed E-state index contributed by atoms with van der Waals surface area (Å²) in [5, 5.41) is 7.25. The average Bonchev–Trinajstić information content (AvgIpc) is 3.06. The van der Waals surface area contributed by atoms with Gasteiger partial charge in [0.15, 0.2) is 23.9 Å². The van der Waals surface area contributed by atoms with Gasteiger partial charge >= 0.3 is 0 Å². The second-order valence-electron chi connectivity index (χ2n) is 7.55. The van der Waals surface area contributed by atoms with Gasteiger partial charge in [-0.1, -0.05) is 30.8 Å². The maximum atomic E-state index is 13.3. The lowest BCUT2D eigenvalue weighted by Crippen LogP contribution is -2.46. The number of hydrogen-bond acceptors (Lipinski definition) is 8. The third-order valence-corrected chi connectivity index (χ3v) is 5.35. The lowest BCUT2D eigenvalue weighted by atomic mass is 9.88. The number of nitrogens with one attached hydrogen (secondary N) is 1. The summed E-state index contributed by atoms with van der Waals surface area (Å²) in [5.74, 6) is 0.650. The largest absolute Gasteiger partial charge is 0.493 e. The molecule has 2 amide bonds. The molecule has 1 saturated carbocycles. The van der Waals surface area contributed by atoms with Crippen LogP contribution in [0.5, 0.6) is 17.2 Å². The van der Waals surface area contributed by atoms with Gasteiger partial charge in [0.25, 0.3) is 11.8 Å². The van der Waals surface area contributed by atoms with Gasteiger partial charge < -0.3 is 29.8 Å². The standard InChI is InChI=1S/C21H28N4O6/c1-13-23-20(25-31-13)21(8-6-4-5-7-9-21)24-19(27)14-10-15(28-2)18(16(11-14)29-3)30-12-17(22)26/h10-11H,4-9,12H2,1-3H3,(H2,22,26)(H,24,27). The van der Waals surface area contributed by atoms with Gasteiger partial charge in [-0.3, -0.25) is 9.59 Å². The molecule has 0 radical (unpaired) electrons. The second kappa shape index (κ2) is 9.67. The van der Waals surface area contributed by atoms with E-state index in [1.54, 1.807) is 6.92 Å². The van der Waals surface area contributed by atoms with E-state index in [1.807, 2.05) is 0 Å². The molecular formula is C21H28N4O6. The molecule has 0 atom stereocenters. The minimum Gasteiger partial charge on any atom is -0.493 e. The summed E-state index contributed by atoms with van der Waals surface area (Å²) in [4.78, 5) is 28.8. The summed E-state index contributed by atoms with van der Waals surface area (Å²) in [5.41, 5.74) is 4.75. The number of carbonyl (C=O) groups excluding carboxylic acids is 2. The molecule has 2 aromatic rings. The zero-order valence-electron chi connectivity index (χ0n) is 18.0. The molecule has 1 aliphatic carbocycles. The van der Waals surface area contributed by atoms with Crippen molar-refractivity contribution in [2.75, 3.05) is 20.8 Å². The van der Waals surface area contributed by atoms with Crippen LogP contribution in [-0.4, -0.2) is 42.8 Å². The van der Waals surface area contributed by atoms with Crippen LogP contribution in [0, 0.1) is 6.92 Å². The first-order valence-electron chi connectivity index (χ1n) is 10.2. The van der Waals surface area contributed by atoms with Gasteiger partial charge in [0, 0.05) is 12.5 Å². The maximum absolute atomic E-state index is 13.3. The van der Waals surface area contributed by atoms with Crippen LogP contribution in [-0.2, 0) is 10.3 Å². The molecule has 0 aliphatic heterocycles. The maximum Gasteiger partial charge on any atom is 0.255 e. The summed E-state index contributed by atoms with van der Waals surface area (Å²) in [6.45, 7) is 1.38. The molecule has 0 unspecified atom stereocenters. The quantitative estimate of drug-likeness (QED) is 0.606. The molecule has 3 N–H and O–H groups in total. The first kappa shape index (κ1) is 22.4. The van der Waals surface area contributed by atoms with E-state index in [4.69, 9.17) is 24.5 Å². The van der Waals surface area contributed by atoms with Crippen molar-refractivity contribution in [1.82, 2.24) is 15.5 Å². The van der Waals surface area contributed by atoms with Crippen LogP contribution in [0.2, 0.25) is 0 Å². The van der Waals surface area contributed by atoms with Gasteiger partial charge in [0.2, 0.25) is 11.6 Å². The predicted octanol–water partition coefficient (Wildman–Crippen LogP) is 2.24. The molecule has 3 rings (SSSR count). The Hall–Kier alpha value is -3.30. The molecule has 0 bridgehead atoms. The molecule has 168 valence electrons. The lowest BCUT2D eigenvalue weighted by Gasteiger charge is -2.31. The highest BCUT2D eigenvalue weighted by Gasteiger charge is 2.39. The van der Waals surface area contributed by atoms with Crippen molar-refractivity contribution >= 4 is 11.8 Å². The number of benzene rings is 1. The Labute approximate surface area is 180 Å². The van der Waals surface area contributed by atoms with Gasteiger partial charge in [-0.2, -0.15) is 4.98 Å². The van der Waals surface area contributed by atoms with E-state index >= 15 is 0 Å². The fraction of sp³-hybridized carbons (Fsp3) is 0.524. The van der Waals surface area contributed by atoms with Crippen LogP contribution in [0.15, 0.2) is 16.7 Å². The molecule has 10 heteroatoms. The number of methoxy groups -OCH3 is 2. The molecule has 1 aromatic carbocycles. The second-order valence-corrected chi connectivity index (χ2v) is 7.55. The number of carbonyl (C=O) groups is 2. The van der Waals surface area contributed by atoms with Crippen molar-refractivity contribution in [1.29, 1.82) is 0 Å². The molecule has 1 fully saturated rings. The minimum absolute atomic E-state index is 0.193. The topological polar surface area (TPSA) is 139 Å². The van der Waals surface area contributed by atoms with E-state index in [2.05, 4.69) is 15.5 Å². The number of ether oxygens (including phenoxy) is 3. The third kappa shape index (κ3) is 5.07. The van der Waals surface area contributed by atoms with E-state index in [0.717, 1.165) is 25.7 Å². The number of nitrogens with two attached hydrogens (primary N) is 1. The average molecular weight is 432 g/mol. The number of amides is 2. The normalized spacial score (nSPS) is 15.6. The van der Waals surface area contributed by atoms with Crippen LogP contribution >= 0.6 is 0 Å². The van der Waals surface area contributed by atoms with E-state index in [0.29, 0.717) is 30.1 Å². The Kier molecular flexibility index (Phi) is 6.98. The van der Waals surface area contributed by atoms with E-state index in [1.165, 1.54) is 26.4 Å². The van der Waals surface area contributed by atoms with E-state index in [9.17, 15) is 9.59 Å². The Morgan fingerprint density at radius 2 is 1.74 bits per heavy atom. The van der Waals surface area contributed by atoms with Crippen LogP contribution < -0.4 is 25.3 Å². The Bertz CT molecular complexity index is 909. The number of rotatable bonds is 8. The van der Waals surface area contributed by atoms with E-state index in [-0.39, 0.29) is 29.8 Å². The van der Waals surface area contributed by atoms with Crippen molar-refractivity contribution in [2.24, 2.45) is 5.73 Å². The van der Waals surface area contributed by atoms with Crippen LogP contribution in [0.25, 0.3) is 0 Å². The number of primary amides is 1. The Morgan fingerprint density at radius 3 is 2.23 bits per heavy atom. The van der Waals surface area contributed by atoms with Gasteiger partial charge in [-0.15, -0.1) is 0 Å². The molecule has 1 aromatic heterocycles. The SMILES string of the molecule is COc1cc(C(=O)NC2(c3noc(C)n3)CCCCCC2)cc(OC)c1OCC(N)=O. The number of aryl methyl sites for hydroxylation is 1. The summed E-state index contributed by atoms with van der Waals surface area (Å²) in [6, 6.07) is 3.06. The fourth-order valence-corrected chi connectivity index (χ4v) is 3.82. The first-order chi connectivity index (χ1) is 14.9. The zero-order valence-corrected chi connectivity index (χ0v) is 18.0. The van der Waals surface area contributed by atoms with Crippen molar-refractivity contribution in [3.8, 4) is 17.2 Å². The molecule has 31 heavy (non-hydrogen) atoms. The van der Waals surface area contributed by atoms with Gasteiger partial charge in [0.1, 0.15) is 5.54 Å². The number of hydrogen-bond donors (Lipinski definition) is 2. The molecule has 1 aliphatic rings. The minimum atomic E-state index is -0.715. The van der Waals surface area contributed by atoms with Crippen molar-refractivity contribution in [3.63, 3.8) is 0 Å². The third-order valence-electron chi connectivity index (χ3n) is 5.35. The van der Waals surface area contributed by atoms with Crippen molar-refractivity contribution in [2.45, 2.75) is 51.0 Å². The van der Waals surface area contributed by atoms with Gasteiger partial charge in [-0.25, -0.2) is 0 Å².